The summed E-state index contributed by atoms with van der Waals surface area (Å²) in [5, 5.41) is 11.0. The summed E-state index contributed by atoms with van der Waals surface area (Å²) in [7, 11) is 1.65. The maximum Gasteiger partial charge on any atom is 0.354 e. The summed E-state index contributed by atoms with van der Waals surface area (Å²) in [6, 6.07) is 9.28. The number of benzene rings is 1. The average Bonchev–Trinajstić information content (AvgIpc) is 2.47. The number of aromatic carboxylic acids is 1. The summed E-state index contributed by atoms with van der Waals surface area (Å²) in [5.41, 5.74) is 0.0644. The molecule has 0 amide bonds. The largest absolute Gasteiger partial charge is 0.477 e. The van der Waals surface area contributed by atoms with Gasteiger partial charge in [0.2, 0.25) is 0 Å². The fourth-order valence-corrected chi connectivity index (χ4v) is 2.15. The van der Waals surface area contributed by atoms with Crippen molar-refractivity contribution in [3.05, 3.63) is 36.0 Å². The van der Waals surface area contributed by atoms with E-state index in [-0.39, 0.29) is 5.69 Å². The summed E-state index contributed by atoms with van der Waals surface area (Å²) >= 11 is 0. The van der Waals surface area contributed by atoms with Crippen molar-refractivity contribution in [2.24, 2.45) is 0 Å². The van der Waals surface area contributed by atoms with Gasteiger partial charge in [-0.1, -0.05) is 24.3 Å². The lowest BCUT2D eigenvalue weighted by Crippen LogP contribution is -2.28. The predicted molar refractivity (Wildman–Crippen MR) is 78.5 cm³/mol. The number of carboxylic acids is 1. The van der Waals surface area contributed by atoms with Crippen LogP contribution in [-0.2, 0) is 4.74 Å². The molecule has 0 atom stereocenters. The van der Waals surface area contributed by atoms with Crippen LogP contribution < -0.4 is 4.90 Å². The fraction of sp³-hybridized carbons (Fsp3) is 0.333. The van der Waals surface area contributed by atoms with Crippen LogP contribution >= 0.6 is 0 Å². The number of ether oxygens (including phenoxy) is 1. The number of fused-ring (bicyclic) bond motifs is 1. The highest BCUT2D eigenvalue weighted by Gasteiger charge is 2.14. The van der Waals surface area contributed by atoms with E-state index in [9.17, 15) is 9.90 Å². The first-order valence-corrected chi connectivity index (χ1v) is 6.54. The van der Waals surface area contributed by atoms with Gasteiger partial charge in [-0.25, -0.2) is 9.78 Å². The highest BCUT2D eigenvalue weighted by Crippen LogP contribution is 2.25. The molecule has 0 saturated heterocycles. The number of hydrogen-bond donors (Lipinski definition) is 1. The molecule has 0 saturated carbocycles. The van der Waals surface area contributed by atoms with Crippen molar-refractivity contribution in [2.75, 3.05) is 31.7 Å². The van der Waals surface area contributed by atoms with Crippen molar-refractivity contribution >= 4 is 22.6 Å². The van der Waals surface area contributed by atoms with E-state index >= 15 is 0 Å². The van der Waals surface area contributed by atoms with Crippen molar-refractivity contribution in [3.63, 3.8) is 0 Å². The number of pyridine rings is 1. The molecule has 5 nitrogen and oxygen atoms in total. The van der Waals surface area contributed by atoms with Gasteiger partial charge in [-0.2, -0.15) is 0 Å². The summed E-state index contributed by atoms with van der Waals surface area (Å²) in [5.74, 6) is -0.320. The Hall–Kier alpha value is -2.14. The molecule has 0 spiro atoms. The van der Waals surface area contributed by atoms with E-state index in [2.05, 4.69) is 4.98 Å². The zero-order valence-electron chi connectivity index (χ0n) is 11.7. The molecule has 5 heteroatoms. The smallest absolute Gasteiger partial charge is 0.354 e. The minimum atomic E-state index is -1.01. The summed E-state index contributed by atoms with van der Waals surface area (Å²) in [6.45, 7) is 4.00. The van der Waals surface area contributed by atoms with Crippen LogP contribution in [0.4, 0.5) is 5.82 Å². The Bertz CT molecular complexity index is 613. The Morgan fingerprint density at radius 3 is 2.80 bits per heavy atom. The van der Waals surface area contributed by atoms with Gasteiger partial charge in [-0.15, -0.1) is 0 Å². The Morgan fingerprint density at radius 1 is 1.40 bits per heavy atom. The minimum Gasteiger partial charge on any atom is -0.477 e. The van der Waals surface area contributed by atoms with E-state index in [4.69, 9.17) is 4.74 Å². The fourth-order valence-electron chi connectivity index (χ4n) is 2.15. The van der Waals surface area contributed by atoms with Crippen LogP contribution in [0.1, 0.15) is 17.4 Å². The molecule has 1 heterocycles. The predicted octanol–water partition coefficient (Wildman–Crippen LogP) is 2.41. The Kier molecular flexibility index (Phi) is 4.53. The first-order valence-electron chi connectivity index (χ1n) is 6.54. The van der Waals surface area contributed by atoms with Crippen LogP contribution in [0.2, 0.25) is 0 Å². The van der Waals surface area contributed by atoms with E-state index in [1.165, 1.54) is 0 Å². The second-order valence-corrected chi connectivity index (χ2v) is 4.43. The molecule has 0 aliphatic rings. The SMILES string of the molecule is CCN(CCOC)c1nc(C(=O)O)cc2ccccc12. The molecule has 2 rings (SSSR count). The van der Waals surface area contributed by atoms with Crippen LogP contribution in [0.15, 0.2) is 30.3 Å². The third-order valence-corrected chi connectivity index (χ3v) is 3.19. The lowest BCUT2D eigenvalue weighted by atomic mass is 10.1. The van der Waals surface area contributed by atoms with Crippen LogP contribution in [-0.4, -0.2) is 42.9 Å². The number of carbonyl (C=O) groups is 1. The Balaban J connectivity index is 2.56. The number of anilines is 1. The number of rotatable bonds is 6. The highest BCUT2D eigenvalue weighted by molar-refractivity contribution is 5.98. The van der Waals surface area contributed by atoms with Gasteiger partial charge >= 0.3 is 5.97 Å². The van der Waals surface area contributed by atoms with Crippen molar-refractivity contribution in [1.29, 1.82) is 0 Å². The van der Waals surface area contributed by atoms with Crippen LogP contribution in [0.5, 0.6) is 0 Å². The zero-order chi connectivity index (χ0) is 14.5. The molecular formula is C15H18N2O3. The van der Waals surface area contributed by atoms with E-state index in [1.807, 2.05) is 36.1 Å². The Labute approximate surface area is 117 Å². The van der Waals surface area contributed by atoms with Crippen LogP contribution in [0.25, 0.3) is 10.8 Å². The number of aromatic nitrogens is 1. The van der Waals surface area contributed by atoms with Crippen LogP contribution in [0, 0.1) is 0 Å². The maximum absolute atomic E-state index is 11.2. The third-order valence-electron chi connectivity index (χ3n) is 3.19. The molecule has 0 radical (unpaired) electrons. The van der Waals surface area contributed by atoms with Gasteiger partial charge in [0.25, 0.3) is 0 Å². The van der Waals surface area contributed by atoms with E-state index < -0.39 is 5.97 Å². The standard InChI is InChI=1S/C15H18N2O3/c1-3-17(8-9-20-2)14-12-7-5-4-6-11(12)10-13(16-14)15(18)19/h4-7,10H,3,8-9H2,1-2H3,(H,18,19). The quantitative estimate of drug-likeness (QED) is 0.876. The van der Waals surface area contributed by atoms with Gasteiger partial charge in [0, 0.05) is 25.6 Å². The average molecular weight is 274 g/mol. The second kappa shape index (κ2) is 6.34. The van der Waals surface area contributed by atoms with Crippen molar-refractivity contribution in [2.45, 2.75) is 6.92 Å². The molecule has 0 fully saturated rings. The summed E-state index contributed by atoms with van der Waals surface area (Å²) < 4.78 is 5.10. The minimum absolute atomic E-state index is 0.0644. The lowest BCUT2D eigenvalue weighted by molar-refractivity contribution is 0.0691. The number of carboxylic acid groups (broad SMARTS) is 1. The molecule has 0 aliphatic carbocycles. The van der Waals surface area contributed by atoms with Gasteiger partial charge in [-0.05, 0) is 18.4 Å². The molecule has 2 aromatic rings. The third kappa shape index (κ3) is 2.88. The number of nitrogens with zero attached hydrogens (tertiary/aromatic N) is 2. The van der Waals surface area contributed by atoms with E-state index in [1.54, 1.807) is 13.2 Å². The molecular weight excluding hydrogens is 256 g/mol. The number of methoxy groups -OCH3 is 1. The summed E-state index contributed by atoms with van der Waals surface area (Å²) in [4.78, 5) is 17.5. The van der Waals surface area contributed by atoms with Crippen molar-refractivity contribution in [1.82, 2.24) is 4.98 Å². The van der Waals surface area contributed by atoms with Gasteiger partial charge in [0.15, 0.2) is 5.69 Å². The highest BCUT2D eigenvalue weighted by atomic mass is 16.5. The Morgan fingerprint density at radius 2 is 2.15 bits per heavy atom. The van der Waals surface area contributed by atoms with Crippen molar-refractivity contribution in [3.8, 4) is 0 Å². The van der Waals surface area contributed by atoms with Gasteiger partial charge < -0.3 is 14.7 Å². The van der Waals surface area contributed by atoms with E-state index in [0.29, 0.717) is 19.0 Å². The van der Waals surface area contributed by atoms with Gasteiger partial charge in [0.05, 0.1) is 6.61 Å². The van der Waals surface area contributed by atoms with Gasteiger partial charge in [-0.3, -0.25) is 0 Å². The van der Waals surface area contributed by atoms with Crippen molar-refractivity contribution < 1.29 is 14.6 Å². The first kappa shape index (κ1) is 14.3. The van der Waals surface area contributed by atoms with E-state index in [0.717, 1.165) is 17.3 Å². The molecule has 1 aromatic heterocycles. The second-order valence-electron chi connectivity index (χ2n) is 4.43. The number of likely N-dealkylation sites (N-methyl/N-ethyl adjacent to an activating group) is 1. The molecule has 1 N–H and O–H groups in total. The molecule has 0 bridgehead atoms. The first-order chi connectivity index (χ1) is 9.67. The normalized spacial score (nSPS) is 10.7. The molecule has 1 aromatic carbocycles. The molecule has 0 unspecified atom stereocenters. The zero-order valence-corrected chi connectivity index (χ0v) is 11.7. The topological polar surface area (TPSA) is 62.7 Å². The summed E-state index contributed by atoms with van der Waals surface area (Å²) in [6.07, 6.45) is 0. The number of hydrogen-bond acceptors (Lipinski definition) is 4. The maximum atomic E-state index is 11.2. The van der Waals surface area contributed by atoms with Crippen LogP contribution in [0.3, 0.4) is 0 Å². The lowest BCUT2D eigenvalue weighted by Gasteiger charge is -2.23. The monoisotopic (exact) mass is 274 g/mol. The molecule has 0 aliphatic heterocycles. The molecule has 106 valence electrons. The van der Waals surface area contributed by atoms with Gasteiger partial charge in [0.1, 0.15) is 5.82 Å². The molecule has 20 heavy (non-hydrogen) atoms.